The number of nitrogens with zero attached hydrogens (tertiary/aromatic N) is 1. The Morgan fingerprint density at radius 1 is 1.23 bits per heavy atom. The van der Waals surface area contributed by atoms with Gasteiger partial charge in [0, 0.05) is 42.6 Å². The number of carbonyl (C=O) groups is 3. The zero-order valence-electron chi connectivity index (χ0n) is 17.8. The van der Waals surface area contributed by atoms with E-state index in [0.717, 1.165) is 39.5 Å². The average Bonchev–Trinajstić information content (AvgIpc) is 3.11. The van der Waals surface area contributed by atoms with Gasteiger partial charge in [-0.2, -0.15) is 0 Å². The number of benzene rings is 2. The molecule has 2 aromatic carbocycles. The van der Waals surface area contributed by atoms with E-state index in [0.29, 0.717) is 12.2 Å². The van der Waals surface area contributed by atoms with Gasteiger partial charge in [0.1, 0.15) is 17.6 Å². The minimum atomic E-state index is -0.344. The summed E-state index contributed by atoms with van der Waals surface area (Å²) in [4.78, 5) is 38.6. The fraction of sp³-hybridized carbons (Fsp3) is 0.375. The van der Waals surface area contributed by atoms with Gasteiger partial charge in [-0.25, -0.2) is 0 Å². The van der Waals surface area contributed by atoms with Crippen LogP contribution in [0, 0.1) is 0 Å². The Morgan fingerprint density at radius 3 is 2.84 bits per heavy atom. The Hall–Kier alpha value is -3.35. The van der Waals surface area contributed by atoms with Gasteiger partial charge in [-0.3, -0.25) is 19.3 Å². The topological polar surface area (TPSA) is 84.9 Å². The smallest absolute Gasteiger partial charge is 0.260 e. The van der Waals surface area contributed by atoms with Crippen molar-refractivity contribution in [3.63, 3.8) is 0 Å². The van der Waals surface area contributed by atoms with Gasteiger partial charge in [-0.15, -0.1) is 0 Å². The summed E-state index contributed by atoms with van der Waals surface area (Å²) >= 11 is 0. The predicted molar refractivity (Wildman–Crippen MR) is 114 cm³/mol. The van der Waals surface area contributed by atoms with Crippen LogP contribution in [0.3, 0.4) is 0 Å². The molecule has 0 unspecified atom stereocenters. The quantitative estimate of drug-likeness (QED) is 0.694. The Bertz CT molecular complexity index is 1030. The number of imide groups is 1. The standard InChI is InChI=1S/C24H26N2O5/c1-3-30-20-11-17-10-15(2)31-21(17)12-18(20)14-25-22(27)8-9-26-23(28)13-16-6-4-5-7-19(16)24(26)29/h4-7,11-12,15H,3,8-10,13-14H2,1-2H3,(H,25,27)/t15-/m0/s1. The second kappa shape index (κ2) is 8.79. The first kappa shape index (κ1) is 20.9. The second-order valence-electron chi connectivity index (χ2n) is 7.84. The van der Waals surface area contributed by atoms with Crippen LogP contribution < -0.4 is 14.8 Å². The van der Waals surface area contributed by atoms with Gasteiger partial charge < -0.3 is 14.8 Å². The molecule has 2 heterocycles. The van der Waals surface area contributed by atoms with E-state index >= 15 is 0 Å². The van der Waals surface area contributed by atoms with Crippen molar-refractivity contribution in [2.75, 3.05) is 13.2 Å². The highest BCUT2D eigenvalue weighted by Crippen LogP contribution is 2.35. The Balaban J connectivity index is 1.37. The van der Waals surface area contributed by atoms with Crippen LogP contribution >= 0.6 is 0 Å². The highest BCUT2D eigenvalue weighted by Gasteiger charge is 2.30. The summed E-state index contributed by atoms with van der Waals surface area (Å²) in [6, 6.07) is 11.0. The third kappa shape index (κ3) is 4.40. The molecular formula is C24H26N2O5. The molecule has 0 fully saturated rings. The molecule has 2 aromatic rings. The highest BCUT2D eigenvalue weighted by atomic mass is 16.5. The van der Waals surface area contributed by atoms with Crippen LogP contribution in [0.15, 0.2) is 36.4 Å². The van der Waals surface area contributed by atoms with Crippen LogP contribution in [0.5, 0.6) is 11.5 Å². The van der Waals surface area contributed by atoms with Crippen molar-refractivity contribution < 1.29 is 23.9 Å². The number of fused-ring (bicyclic) bond motifs is 2. The van der Waals surface area contributed by atoms with Gasteiger partial charge in [-0.05, 0) is 37.6 Å². The Kier molecular flexibility index (Phi) is 5.93. The lowest BCUT2D eigenvalue weighted by Crippen LogP contribution is -2.44. The number of amides is 3. The fourth-order valence-corrected chi connectivity index (χ4v) is 4.03. The zero-order valence-corrected chi connectivity index (χ0v) is 17.8. The zero-order chi connectivity index (χ0) is 22.0. The predicted octanol–water partition coefficient (Wildman–Crippen LogP) is 2.64. The third-order valence-electron chi connectivity index (χ3n) is 5.55. The van der Waals surface area contributed by atoms with Crippen molar-refractivity contribution in [3.05, 3.63) is 58.7 Å². The van der Waals surface area contributed by atoms with Gasteiger partial charge in [0.05, 0.1) is 13.0 Å². The first-order valence-corrected chi connectivity index (χ1v) is 10.6. The van der Waals surface area contributed by atoms with Gasteiger partial charge >= 0.3 is 0 Å². The molecule has 31 heavy (non-hydrogen) atoms. The molecule has 1 atom stereocenters. The molecule has 0 saturated carbocycles. The van der Waals surface area contributed by atoms with Crippen LogP contribution in [0.4, 0.5) is 0 Å². The summed E-state index contributed by atoms with van der Waals surface area (Å²) in [5.74, 6) is 0.695. The lowest BCUT2D eigenvalue weighted by Gasteiger charge is -2.26. The maximum Gasteiger partial charge on any atom is 0.260 e. The lowest BCUT2D eigenvalue weighted by molar-refractivity contribution is -0.129. The molecule has 3 amide bonds. The van der Waals surface area contributed by atoms with Crippen molar-refractivity contribution in [2.45, 2.75) is 45.8 Å². The number of hydrogen-bond acceptors (Lipinski definition) is 5. The number of nitrogens with one attached hydrogen (secondary N) is 1. The first-order valence-electron chi connectivity index (χ1n) is 10.6. The average molecular weight is 422 g/mol. The number of ether oxygens (including phenoxy) is 2. The van der Waals surface area contributed by atoms with Crippen molar-refractivity contribution >= 4 is 17.7 Å². The largest absolute Gasteiger partial charge is 0.494 e. The molecule has 0 aromatic heterocycles. The van der Waals surface area contributed by atoms with Crippen LogP contribution in [0.1, 0.15) is 47.3 Å². The van der Waals surface area contributed by atoms with E-state index < -0.39 is 0 Å². The summed E-state index contributed by atoms with van der Waals surface area (Å²) in [7, 11) is 0. The number of carbonyl (C=O) groups excluding carboxylic acids is 3. The van der Waals surface area contributed by atoms with Gasteiger partial charge in [-0.1, -0.05) is 18.2 Å². The summed E-state index contributed by atoms with van der Waals surface area (Å²) in [5.41, 5.74) is 3.20. The van der Waals surface area contributed by atoms with Crippen LogP contribution in [-0.4, -0.2) is 41.9 Å². The summed E-state index contributed by atoms with van der Waals surface area (Å²) in [6.45, 7) is 4.80. The van der Waals surface area contributed by atoms with E-state index in [1.165, 1.54) is 0 Å². The van der Waals surface area contributed by atoms with E-state index in [9.17, 15) is 14.4 Å². The van der Waals surface area contributed by atoms with E-state index in [4.69, 9.17) is 9.47 Å². The molecule has 0 spiro atoms. The Morgan fingerprint density at radius 2 is 2.03 bits per heavy atom. The van der Waals surface area contributed by atoms with Crippen molar-refractivity contribution in [3.8, 4) is 11.5 Å². The van der Waals surface area contributed by atoms with E-state index in [-0.39, 0.29) is 49.8 Å². The van der Waals surface area contributed by atoms with E-state index in [2.05, 4.69) is 5.32 Å². The molecule has 0 saturated heterocycles. The fourth-order valence-electron chi connectivity index (χ4n) is 4.03. The van der Waals surface area contributed by atoms with E-state index in [1.54, 1.807) is 18.2 Å². The van der Waals surface area contributed by atoms with Gasteiger partial charge in [0.2, 0.25) is 11.8 Å². The molecule has 0 aliphatic carbocycles. The SMILES string of the molecule is CCOc1cc2c(cc1CNC(=O)CCN1C(=O)Cc3ccccc3C1=O)O[C@@H](C)C2. The van der Waals surface area contributed by atoms with Crippen LogP contribution in [0.25, 0.3) is 0 Å². The van der Waals surface area contributed by atoms with Crippen LogP contribution in [0.2, 0.25) is 0 Å². The minimum Gasteiger partial charge on any atom is -0.494 e. The van der Waals surface area contributed by atoms with E-state index in [1.807, 2.05) is 32.0 Å². The molecule has 7 heteroatoms. The van der Waals surface area contributed by atoms with Crippen molar-refractivity contribution in [1.29, 1.82) is 0 Å². The molecule has 4 rings (SSSR count). The monoisotopic (exact) mass is 422 g/mol. The summed E-state index contributed by atoms with van der Waals surface area (Å²) < 4.78 is 11.6. The summed E-state index contributed by atoms with van der Waals surface area (Å²) in [6.07, 6.45) is 1.18. The maximum atomic E-state index is 12.6. The molecule has 0 bridgehead atoms. The van der Waals surface area contributed by atoms with Crippen LogP contribution in [-0.2, 0) is 29.0 Å². The highest BCUT2D eigenvalue weighted by molar-refractivity contribution is 6.09. The van der Waals surface area contributed by atoms with Gasteiger partial charge in [0.25, 0.3) is 5.91 Å². The lowest BCUT2D eigenvalue weighted by atomic mass is 9.98. The third-order valence-corrected chi connectivity index (χ3v) is 5.55. The molecule has 0 radical (unpaired) electrons. The molecule has 2 aliphatic heterocycles. The molecular weight excluding hydrogens is 396 g/mol. The summed E-state index contributed by atoms with van der Waals surface area (Å²) in [5, 5.41) is 2.86. The number of hydrogen-bond donors (Lipinski definition) is 1. The molecule has 7 nitrogen and oxygen atoms in total. The second-order valence-corrected chi connectivity index (χ2v) is 7.84. The minimum absolute atomic E-state index is 0.0437. The molecule has 2 aliphatic rings. The number of rotatable bonds is 7. The maximum absolute atomic E-state index is 12.6. The van der Waals surface area contributed by atoms with Crippen molar-refractivity contribution in [2.24, 2.45) is 0 Å². The normalized spacial score (nSPS) is 17.1. The van der Waals surface area contributed by atoms with Crippen molar-refractivity contribution in [1.82, 2.24) is 10.2 Å². The molecule has 1 N–H and O–H groups in total. The molecule has 162 valence electrons. The Labute approximate surface area is 181 Å². The van der Waals surface area contributed by atoms with Gasteiger partial charge in [0.15, 0.2) is 0 Å². The first-order chi connectivity index (χ1) is 15.0.